The quantitative estimate of drug-likeness (QED) is 0.272. The Morgan fingerprint density at radius 3 is 2.41 bits per heavy atom. The van der Waals surface area contributed by atoms with E-state index in [2.05, 4.69) is 24.1 Å². The Balaban J connectivity index is 1.69. The first-order valence-corrected chi connectivity index (χ1v) is 12.7. The van der Waals surface area contributed by atoms with Gasteiger partial charge < -0.3 is 18.8 Å². The molecule has 0 spiro atoms. The van der Waals surface area contributed by atoms with Crippen LogP contribution < -0.4 is 14.9 Å². The summed E-state index contributed by atoms with van der Waals surface area (Å²) >= 11 is 0. The number of aryl methyl sites for hydroxylation is 1. The maximum absolute atomic E-state index is 13.4. The lowest BCUT2D eigenvalue weighted by atomic mass is 10.1. The lowest BCUT2D eigenvalue weighted by molar-refractivity contribution is 0.316. The topological polar surface area (TPSA) is 88.8 Å². The Morgan fingerprint density at radius 1 is 0.971 bits per heavy atom. The molecule has 1 heterocycles. The monoisotopic (exact) mass is 480 g/mol. The molecule has 0 aliphatic heterocycles. The Bertz CT molecular complexity index is 1470. The number of fused-ring (bicyclic) bond motifs is 2. The van der Waals surface area contributed by atoms with Crippen molar-refractivity contribution in [3.05, 3.63) is 76.5 Å². The van der Waals surface area contributed by atoms with Gasteiger partial charge >= 0.3 is 10.1 Å². The third-order valence-electron chi connectivity index (χ3n) is 5.82. The molecule has 1 N–H and O–H groups in total. The summed E-state index contributed by atoms with van der Waals surface area (Å²) in [6, 6.07) is 16.3. The minimum Gasteiger partial charge on any atom is -0.456 e. The fourth-order valence-electron chi connectivity index (χ4n) is 3.85. The van der Waals surface area contributed by atoms with Gasteiger partial charge in [0, 0.05) is 18.8 Å². The molecule has 1 aromatic heterocycles. The van der Waals surface area contributed by atoms with Gasteiger partial charge in [0.25, 0.3) is 0 Å². The van der Waals surface area contributed by atoms with E-state index in [0.717, 1.165) is 25.2 Å². The summed E-state index contributed by atoms with van der Waals surface area (Å²) in [5.74, 6) is 0.0479. The predicted molar refractivity (Wildman–Crippen MR) is 135 cm³/mol. The Hall–Kier alpha value is -3.36. The van der Waals surface area contributed by atoms with Crippen LogP contribution in [-0.2, 0) is 10.1 Å². The first kappa shape index (κ1) is 23.8. The average Bonchev–Trinajstić information content (AvgIpc) is 2.82. The number of likely N-dealkylation sites (N-methyl/N-ethyl adjacent to an activating group) is 1. The average molecular weight is 481 g/mol. The van der Waals surface area contributed by atoms with Crippen LogP contribution in [0.3, 0.4) is 0 Å². The second-order valence-corrected chi connectivity index (χ2v) is 9.62. The van der Waals surface area contributed by atoms with Gasteiger partial charge in [-0.15, -0.1) is 0 Å². The van der Waals surface area contributed by atoms with Crippen LogP contribution in [0.15, 0.2) is 74.8 Å². The number of benzene rings is 3. The molecule has 178 valence electrons. The van der Waals surface area contributed by atoms with Gasteiger partial charge in [0.15, 0.2) is 0 Å². The molecular formula is C26H28N2O5S. The fourth-order valence-corrected chi connectivity index (χ4v) is 4.77. The number of rotatable bonds is 9. The predicted octanol–water partition coefficient (Wildman–Crippen LogP) is 4.78. The van der Waals surface area contributed by atoms with E-state index in [0.29, 0.717) is 28.8 Å². The van der Waals surface area contributed by atoms with Crippen molar-refractivity contribution in [3.63, 3.8) is 0 Å². The molecule has 4 rings (SSSR count). The summed E-state index contributed by atoms with van der Waals surface area (Å²) in [6.07, 6.45) is 0. The van der Waals surface area contributed by atoms with Gasteiger partial charge in [-0.3, -0.25) is 4.79 Å². The number of nitrogens with zero attached hydrogens (tertiary/aromatic N) is 1. The maximum atomic E-state index is 13.4. The summed E-state index contributed by atoms with van der Waals surface area (Å²) in [7, 11) is -4.04. The summed E-state index contributed by atoms with van der Waals surface area (Å²) in [5, 5.41) is 4.02. The van der Waals surface area contributed by atoms with Crippen LogP contribution in [0.2, 0.25) is 0 Å². The number of anilines is 1. The molecule has 0 radical (unpaired) electrons. The van der Waals surface area contributed by atoms with Gasteiger partial charge in [-0.1, -0.05) is 37.6 Å². The molecule has 0 unspecified atom stereocenters. The number of nitrogens with one attached hydrogen (secondary N) is 1. The molecule has 0 fully saturated rings. The van der Waals surface area contributed by atoms with E-state index in [-0.39, 0.29) is 21.5 Å². The summed E-state index contributed by atoms with van der Waals surface area (Å²) in [4.78, 5) is 15.8. The second kappa shape index (κ2) is 9.87. The Morgan fingerprint density at radius 2 is 1.71 bits per heavy atom. The van der Waals surface area contributed by atoms with Gasteiger partial charge in [-0.2, -0.15) is 8.42 Å². The molecular weight excluding hydrogens is 452 g/mol. The largest absolute Gasteiger partial charge is 0.456 e. The van der Waals surface area contributed by atoms with Crippen molar-refractivity contribution in [2.75, 3.05) is 31.5 Å². The van der Waals surface area contributed by atoms with Crippen LogP contribution in [0.4, 0.5) is 5.69 Å². The zero-order valence-corrected chi connectivity index (χ0v) is 20.3. The fraction of sp³-hybridized carbons (Fsp3) is 0.269. The molecule has 0 aliphatic carbocycles. The van der Waals surface area contributed by atoms with Crippen LogP contribution in [0.5, 0.6) is 5.75 Å². The lowest BCUT2D eigenvalue weighted by Gasteiger charge is -2.18. The highest BCUT2D eigenvalue weighted by Crippen LogP contribution is 2.28. The van der Waals surface area contributed by atoms with Gasteiger partial charge in [-0.05, 0) is 62.5 Å². The summed E-state index contributed by atoms with van der Waals surface area (Å²) in [5.41, 5.74) is 2.19. The summed E-state index contributed by atoms with van der Waals surface area (Å²) in [6.45, 7) is 9.52. The number of hydrogen-bond donors (Lipinski definition) is 1. The van der Waals surface area contributed by atoms with Crippen molar-refractivity contribution in [2.24, 2.45) is 0 Å². The molecule has 34 heavy (non-hydrogen) atoms. The van der Waals surface area contributed by atoms with Gasteiger partial charge in [-0.25, -0.2) is 0 Å². The highest BCUT2D eigenvalue weighted by atomic mass is 32.2. The Kier molecular flexibility index (Phi) is 6.90. The smallest absolute Gasteiger partial charge is 0.339 e. The molecule has 0 atom stereocenters. The van der Waals surface area contributed by atoms with E-state index in [1.54, 1.807) is 24.3 Å². The molecule has 0 saturated carbocycles. The van der Waals surface area contributed by atoms with Crippen LogP contribution in [0.1, 0.15) is 19.4 Å². The zero-order valence-electron chi connectivity index (χ0n) is 19.5. The van der Waals surface area contributed by atoms with Crippen LogP contribution >= 0.6 is 0 Å². The van der Waals surface area contributed by atoms with Crippen LogP contribution in [0, 0.1) is 6.92 Å². The van der Waals surface area contributed by atoms with Crippen molar-refractivity contribution in [2.45, 2.75) is 25.7 Å². The van der Waals surface area contributed by atoms with Crippen molar-refractivity contribution in [1.82, 2.24) is 4.90 Å². The lowest BCUT2D eigenvalue weighted by Crippen LogP contribution is -2.28. The summed E-state index contributed by atoms with van der Waals surface area (Å²) < 4.78 is 36.7. The molecule has 8 heteroatoms. The van der Waals surface area contributed by atoms with E-state index < -0.39 is 10.1 Å². The number of hydrogen-bond acceptors (Lipinski definition) is 7. The van der Waals surface area contributed by atoms with Crippen molar-refractivity contribution >= 4 is 37.7 Å². The first-order chi connectivity index (χ1) is 16.3. The second-order valence-electron chi connectivity index (χ2n) is 8.07. The van der Waals surface area contributed by atoms with Crippen LogP contribution in [0.25, 0.3) is 21.9 Å². The van der Waals surface area contributed by atoms with Gasteiger partial charge in [0.05, 0.1) is 10.8 Å². The normalized spacial score (nSPS) is 11.9. The molecule has 0 bridgehead atoms. The standard InChI is InChI=1S/C26H28N2O5S/c1-4-28(5-2)16-15-27-22-7-6-8-24-25(22)26(29)21-17-19(11-14-23(21)32-24)33-34(30,31)20-12-9-18(3)10-13-20/h6-14,17,27H,4-5,15-16H2,1-3H3. The van der Waals surface area contributed by atoms with Crippen molar-refractivity contribution < 1.29 is 17.0 Å². The maximum Gasteiger partial charge on any atom is 0.339 e. The van der Waals surface area contributed by atoms with E-state index >= 15 is 0 Å². The van der Waals surface area contributed by atoms with Crippen LogP contribution in [-0.4, -0.2) is 39.5 Å². The van der Waals surface area contributed by atoms with E-state index in [4.69, 9.17) is 8.60 Å². The highest BCUT2D eigenvalue weighted by molar-refractivity contribution is 7.87. The minimum absolute atomic E-state index is 0.0448. The highest BCUT2D eigenvalue weighted by Gasteiger charge is 2.18. The minimum atomic E-state index is -4.04. The molecule has 7 nitrogen and oxygen atoms in total. The van der Waals surface area contributed by atoms with E-state index in [1.807, 2.05) is 19.1 Å². The van der Waals surface area contributed by atoms with Gasteiger partial charge in [0.2, 0.25) is 5.43 Å². The first-order valence-electron chi connectivity index (χ1n) is 11.3. The molecule has 4 aromatic rings. The van der Waals surface area contributed by atoms with Gasteiger partial charge in [0.1, 0.15) is 21.8 Å². The zero-order chi connectivity index (χ0) is 24.3. The molecule has 0 saturated heterocycles. The van der Waals surface area contributed by atoms with Crippen molar-refractivity contribution in [3.8, 4) is 5.75 Å². The third kappa shape index (κ3) is 4.93. The molecule has 3 aromatic carbocycles. The van der Waals surface area contributed by atoms with Crippen molar-refractivity contribution in [1.29, 1.82) is 0 Å². The SMILES string of the molecule is CCN(CC)CCNc1cccc2oc3ccc(OS(=O)(=O)c4ccc(C)cc4)cc3c(=O)c12. The third-order valence-corrected chi connectivity index (χ3v) is 7.08. The molecule has 0 aliphatic rings. The Labute approximate surface area is 199 Å². The van der Waals surface area contributed by atoms with E-state index in [9.17, 15) is 13.2 Å². The van der Waals surface area contributed by atoms with E-state index in [1.165, 1.54) is 24.3 Å². The molecule has 0 amide bonds.